The van der Waals surface area contributed by atoms with Crippen molar-refractivity contribution in [2.24, 2.45) is 0 Å². The number of hydrogen-bond donors (Lipinski definition) is 0. The topological polar surface area (TPSA) is 36.3 Å². The second-order valence-corrected chi connectivity index (χ2v) is 4.25. The zero-order valence-corrected chi connectivity index (χ0v) is 9.73. The summed E-state index contributed by atoms with van der Waals surface area (Å²) >= 11 is 0. The van der Waals surface area contributed by atoms with E-state index in [2.05, 4.69) is 43.0 Å². The molecule has 1 aliphatic heterocycles. The Bertz CT molecular complexity index is 422. The molecule has 1 unspecified atom stereocenters. The first-order chi connectivity index (χ1) is 7.70. The predicted octanol–water partition coefficient (Wildman–Crippen LogP) is 2.50. The fourth-order valence-corrected chi connectivity index (χ4v) is 2.04. The van der Waals surface area contributed by atoms with Crippen LogP contribution >= 0.6 is 0 Å². The lowest BCUT2D eigenvalue weighted by molar-refractivity contribution is 0.212. The maximum absolute atomic E-state index is 8.65. The molecule has 0 fully saturated rings. The van der Waals surface area contributed by atoms with Crippen molar-refractivity contribution in [3.05, 3.63) is 23.8 Å². The van der Waals surface area contributed by atoms with Crippen LogP contribution in [0.2, 0.25) is 0 Å². The Labute approximate surface area is 96.2 Å². The van der Waals surface area contributed by atoms with Crippen molar-refractivity contribution in [2.45, 2.75) is 26.4 Å². The quantitative estimate of drug-likeness (QED) is 0.762. The van der Waals surface area contributed by atoms with Gasteiger partial charge in [-0.05, 0) is 31.5 Å². The van der Waals surface area contributed by atoms with E-state index in [9.17, 15) is 0 Å². The van der Waals surface area contributed by atoms with Gasteiger partial charge in [0.1, 0.15) is 11.9 Å². The monoisotopic (exact) mass is 216 g/mol. The Morgan fingerprint density at radius 1 is 1.56 bits per heavy atom. The van der Waals surface area contributed by atoms with Crippen LogP contribution in [0, 0.1) is 18.3 Å². The van der Waals surface area contributed by atoms with Crippen molar-refractivity contribution < 1.29 is 4.74 Å². The molecule has 3 nitrogen and oxygen atoms in total. The largest absolute Gasteiger partial charge is 0.487 e. The van der Waals surface area contributed by atoms with Crippen molar-refractivity contribution in [2.75, 3.05) is 18.0 Å². The van der Waals surface area contributed by atoms with E-state index < -0.39 is 0 Å². The lowest BCUT2D eigenvalue weighted by Crippen LogP contribution is -2.38. The number of hydrogen-bond acceptors (Lipinski definition) is 3. The van der Waals surface area contributed by atoms with Gasteiger partial charge in [0.15, 0.2) is 0 Å². The van der Waals surface area contributed by atoms with Gasteiger partial charge in [0, 0.05) is 6.54 Å². The molecule has 1 aliphatic rings. The van der Waals surface area contributed by atoms with E-state index in [-0.39, 0.29) is 6.10 Å². The molecule has 0 bridgehead atoms. The lowest BCUT2D eigenvalue weighted by Gasteiger charge is -2.34. The molecule has 16 heavy (non-hydrogen) atoms. The molecule has 0 saturated heterocycles. The molecule has 0 aromatic heterocycles. The van der Waals surface area contributed by atoms with Crippen molar-refractivity contribution >= 4 is 5.69 Å². The Morgan fingerprint density at radius 2 is 2.38 bits per heavy atom. The van der Waals surface area contributed by atoms with Crippen LogP contribution in [0.15, 0.2) is 18.2 Å². The van der Waals surface area contributed by atoms with Crippen LogP contribution < -0.4 is 9.64 Å². The first-order valence-corrected chi connectivity index (χ1v) is 5.60. The smallest absolute Gasteiger partial charge is 0.143 e. The molecule has 1 heterocycles. The fraction of sp³-hybridized carbons (Fsp3) is 0.462. The van der Waals surface area contributed by atoms with Crippen LogP contribution in [-0.4, -0.2) is 19.2 Å². The number of aryl methyl sites for hydroxylation is 1. The third-order valence-corrected chi connectivity index (χ3v) is 2.76. The van der Waals surface area contributed by atoms with Crippen LogP contribution in [0.25, 0.3) is 0 Å². The van der Waals surface area contributed by atoms with Gasteiger partial charge in [0.05, 0.1) is 24.7 Å². The van der Waals surface area contributed by atoms with Crippen LogP contribution in [0.4, 0.5) is 5.69 Å². The van der Waals surface area contributed by atoms with E-state index in [0.717, 1.165) is 24.5 Å². The van der Waals surface area contributed by atoms with Crippen molar-refractivity contribution in [1.29, 1.82) is 5.26 Å². The van der Waals surface area contributed by atoms with E-state index in [1.54, 1.807) is 0 Å². The number of benzene rings is 1. The minimum absolute atomic E-state index is 0.188. The normalized spacial score (nSPS) is 18.6. The molecule has 1 aromatic carbocycles. The number of anilines is 1. The maximum atomic E-state index is 8.65. The average molecular weight is 216 g/mol. The Hall–Kier alpha value is -1.69. The summed E-state index contributed by atoms with van der Waals surface area (Å²) in [5, 5.41) is 8.65. The highest BCUT2D eigenvalue weighted by Crippen LogP contribution is 2.34. The molecule has 84 valence electrons. The van der Waals surface area contributed by atoms with Gasteiger partial charge in [0.2, 0.25) is 0 Å². The lowest BCUT2D eigenvalue weighted by atomic mass is 10.1. The first kappa shape index (κ1) is 10.8. The number of rotatable bonds is 2. The summed E-state index contributed by atoms with van der Waals surface area (Å²) in [7, 11) is 0. The summed E-state index contributed by atoms with van der Waals surface area (Å²) in [6, 6.07) is 8.41. The molecule has 0 N–H and O–H groups in total. The van der Waals surface area contributed by atoms with Gasteiger partial charge < -0.3 is 9.64 Å². The second-order valence-electron chi connectivity index (χ2n) is 4.25. The third kappa shape index (κ3) is 2.11. The number of nitriles is 1. The molecular weight excluding hydrogens is 200 g/mol. The first-order valence-electron chi connectivity index (χ1n) is 5.60. The number of ether oxygens (including phenoxy) is 1. The van der Waals surface area contributed by atoms with E-state index >= 15 is 0 Å². The van der Waals surface area contributed by atoms with Gasteiger partial charge >= 0.3 is 0 Å². The molecule has 1 atom stereocenters. The van der Waals surface area contributed by atoms with Crippen molar-refractivity contribution in [3.8, 4) is 11.8 Å². The fourth-order valence-electron chi connectivity index (χ4n) is 2.04. The predicted molar refractivity (Wildman–Crippen MR) is 63.7 cm³/mol. The summed E-state index contributed by atoms with van der Waals surface area (Å²) in [4.78, 5) is 2.23. The molecule has 1 aromatic rings. The van der Waals surface area contributed by atoms with Gasteiger partial charge in [0.25, 0.3) is 0 Å². The molecule has 0 radical (unpaired) electrons. The molecule has 0 aliphatic carbocycles. The summed E-state index contributed by atoms with van der Waals surface area (Å²) < 4.78 is 5.80. The second kappa shape index (κ2) is 4.44. The molecule has 2 rings (SSSR count). The highest BCUT2D eigenvalue weighted by atomic mass is 16.5. The van der Waals surface area contributed by atoms with Gasteiger partial charge in [-0.25, -0.2) is 0 Å². The Morgan fingerprint density at radius 3 is 3.12 bits per heavy atom. The van der Waals surface area contributed by atoms with E-state index in [1.807, 2.05) is 0 Å². The van der Waals surface area contributed by atoms with Crippen LogP contribution in [-0.2, 0) is 0 Å². The SMILES string of the molecule is Cc1ccc2c(c1)OC(C)CN2CCC#N. The average Bonchev–Trinajstić information content (AvgIpc) is 2.25. The number of nitrogens with zero attached hydrogens (tertiary/aromatic N) is 2. The van der Waals surface area contributed by atoms with Gasteiger partial charge in [-0.2, -0.15) is 5.26 Å². The van der Waals surface area contributed by atoms with E-state index in [0.29, 0.717) is 6.42 Å². The van der Waals surface area contributed by atoms with Crippen LogP contribution in [0.5, 0.6) is 5.75 Å². The molecule has 0 spiro atoms. The Kier molecular flexibility index (Phi) is 3.00. The summed E-state index contributed by atoms with van der Waals surface area (Å²) in [6.07, 6.45) is 0.744. The highest BCUT2D eigenvalue weighted by molar-refractivity contribution is 5.61. The molecular formula is C13H16N2O. The summed E-state index contributed by atoms with van der Waals surface area (Å²) in [5.41, 5.74) is 2.31. The zero-order valence-electron chi connectivity index (χ0n) is 9.73. The van der Waals surface area contributed by atoms with Gasteiger partial charge in [-0.15, -0.1) is 0 Å². The minimum Gasteiger partial charge on any atom is -0.487 e. The number of fused-ring (bicyclic) bond motifs is 1. The van der Waals surface area contributed by atoms with Crippen LogP contribution in [0.3, 0.4) is 0 Å². The summed E-state index contributed by atoms with van der Waals surface area (Å²) in [6.45, 7) is 5.76. The molecule has 0 saturated carbocycles. The zero-order chi connectivity index (χ0) is 11.5. The van der Waals surface area contributed by atoms with Crippen LogP contribution in [0.1, 0.15) is 18.9 Å². The van der Waals surface area contributed by atoms with Crippen molar-refractivity contribution in [1.82, 2.24) is 0 Å². The highest BCUT2D eigenvalue weighted by Gasteiger charge is 2.22. The molecule has 3 heteroatoms. The van der Waals surface area contributed by atoms with E-state index in [4.69, 9.17) is 10.00 Å². The minimum atomic E-state index is 0.188. The Balaban J connectivity index is 2.27. The van der Waals surface area contributed by atoms with E-state index in [1.165, 1.54) is 5.56 Å². The third-order valence-electron chi connectivity index (χ3n) is 2.76. The maximum Gasteiger partial charge on any atom is 0.143 e. The summed E-state index contributed by atoms with van der Waals surface area (Å²) in [5.74, 6) is 0.941. The molecule has 0 amide bonds. The van der Waals surface area contributed by atoms with Gasteiger partial charge in [-0.3, -0.25) is 0 Å². The van der Waals surface area contributed by atoms with Crippen molar-refractivity contribution in [3.63, 3.8) is 0 Å². The standard InChI is InChI=1S/C13H16N2O/c1-10-4-5-12-13(8-10)16-11(2)9-15(12)7-3-6-14/h4-5,8,11H,3,7,9H2,1-2H3. The van der Waals surface area contributed by atoms with Gasteiger partial charge in [-0.1, -0.05) is 6.07 Å².